The minimum absolute atomic E-state index is 0.0140. The molecule has 0 saturated heterocycles. The fraction of sp³-hybridized carbons (Fsp3) is 0.800. The summed E-state index contributed by atoms with van der Waals surface area (Å²) in [6, 6.07) is 2.64. The van der Waals surface area contributed by atoms with Gasteiger partial charge in [-0.05, 0) is 46.9 Å². The molecular formula is C15H31N5. The maximum Gasteiger partial charge on any atom is 0.0641 e. The largest absolute Gasteiger partial charge is 0.297 e. The molecule has 0 aliphatic carbocycles. The predicted molar refractivity (Wildman–Crippen MR) is 84.4 cm³/mol. The Morgan fingerprint density at radius 3 is 2.35 bits per heavy atom. The minimum Gasteiger partial charge on any atom is -0.297 e. The summed E-state index contributed by atoms with van der Waals surface area (Å²) in [6.07, 6.45) is 2.87. The summed E-state index contributed by atoms with van der Waals surface area (Å²) in [5, 5.41) is 4.62. The normalized spacial score (nSPS) is 14.2. The highest BCUT2D eigenvalue weighted by Gasteiger charge is 2.33. The van der Waals surface area contributed by atoms with E-state index < -0.39 is 0 Å². The van der Waals surface area contributed by atoms with Crippen LogP contribution in [-0.2, 0) is 6.42 Å². The predicted octanol–water partition coefficient (Wildman–Crippen LogP) is 1.96. The Morgan fingerprint density at radius 1 is 1.35 bits per heavy atom. The third-order valence-corrected chi connectivity index (χ3v) is 4.24. The van der Waals surface area contributed by atoms with Gasteiger partial charge >= 0.3 is 0 Å². The third kappa shape index (κ3) is 3.81. The van der Waals surface area contributed by atoms with Gasteiger partial charge in [-0.3, -0.25) is 20.9 Å². The van der Waals surface area contributed by atoms with Gasteiger partial charge in [0.1, 0.15) is 0 Å². The van der Waals surface area contributed by atoms with E-state index in [0.29, 0.717) is 6.04 Å². The van der Waals surface area contributed by atoms with E-state index in [4.69, 9.17) is 5.84 Å². The first-order valence-corrected chi connectivity index (χ1v) is 7.61. The lowest BCUT2D eigenvalue weighted by molar-refractivity contribution is 0.0907. The Labute approximate surface area is 123 Å². The van der Waals surface area contributed by atoms with E-state index in [9.17, 15) is 0 Å². The molecule has 0 amide bonds. The summed E-state index contributed by atoms with van der Waals surface area (Å²) in [6.45, 7) is 15.2. The Kier molecular flexibility index (Phi) is 6.17. The first kappa shape index (κ1) is 17.1. The summed E-state index contributed by atoms with van der Waals surface area (Å²) in [7, 11) is 0. The molecule has 0 fully saturated rings. The molecule has 1 aromatic rings. The molecule has 0 aliphatic heterocycles. The van der Waals surface area contributed by atoms with Crippen LogP contribution in [0.2, 0.25) is 0 Å². The van der Waals surface area contributed by atoms with Crippen molar-refractivity contribution in [3.05, 3.63) is 18.0 Å². The number of nitrogens with one attached hydrogen (secondary N) is 1. The van der Waals surface area contributed by atoms with Crippen LogP contribution in [-0.4, -0.2) is 39.4 Å². The standard InChI is InChI=1S/C15H31N5/c1-7-19(8-2)15(5,6)14(17-16)11-13-9-10-20(18-13)12(3)4/h9-10,12,14,17H,7-8,11,16H2,1-6H3. The van der Waals surface area contributed by atoms with E-state index in [0.717, 1.165) is 25.2 Å². The van der Waals surface area contributed by atoms with Crippen molar-refractivity contribution in [1.29, 1.82) is 0 Å². The number of nitrogens with two attached hydrogens (primary N) is 1. The van der Waals surface area contributed by atoms with Gasteiger partial charge in [0.25, 0.3) is 0 Å². The molecule has 5 heteroatoms. The average Bonchev–Trinajstić information content (AvgIpc) is 2.85. The molecule has 1 rings (SSSR count). The van der Waals surface area contributed by atoms with Gasteiger partial charge in [0.05, 0.1) is 5.69 Å². The zero-order valence-electron chi connectivity index (χ0n) is 13.8. The van der Waals surface area contributed by atoms with Crippen LogP contribution in [0.1, 0.15) is 53.3 Å². The van der Waals surface area contributed by atoms with Crippen LogP contribution in [0, 0.1) is 0 Å². The van der Waals surface area contributed by atoms with E-state index in [1.54, 1.807) is 0 Å². The highest BCUT2D eigenvalue weighted by atomic mass is 15.3. The van der Waals surface area contributed by atoms with Crippen molar-refractivity contribution in [2.24, 2.45) is 5.84 Å². The molecular weight excluding hydrogens is 250 g/mol. The van der Waals surface area contributed by atoms with Crippen molar-refractivity contribution in [1.82, 2.24) is 20.1 Å². The molecule has 20 heavy (non-hydrogen) atoms. The maximum atomic E-state index is 5.81. The summed E-state index contributed by atoms with van der Waals surface area (Å²) in [5.41, 5.74) is 4.06. The van der Waals surface area contributed by atoms with Crippen LogP contribution >= 0.6 is 0 Å². The van der Waals surface area contributed by atoms with Gasteiger partial charge in [-0.2, -0.15) is 5.10 Å². The fourth-order valence-corrected chi connectivity index (χ4v) is 2.75. The van der Waals surface area contributed by atoms with Crippen LogP contribution < -0.4 is 11.3 Å². The topological polar surface area (TPSA) is 59.1 Å². The zero-order chi connectivity index (χ0) is 15.3. The van der Waals surface area contributed by atoms with Gasteiger partial charge in [0.15, 0.2) is 0 Å². The first-order valence-electron chi connectivity index (χ1n) is 7.61. The summed E-state index contributed by atoms with van der Waals surface area (Å²) < 4.78 is 1.99. The molecule has 0 spiro atoms. The molecule has 0 bridgehead atoms. The summed E-state index contributed by atoms with van der Waals surface area (Å²) in [5.74, 6) is 5.81. The number of aromatic nitrogens is 2. The Bertz CT molecular complexity index is 393. The molecule has 0 saturated carbocycles. The summed E-state index contributed by atoms with van der Waals surface area (Å²) >= 11 is 0. The molecule has 5 nitrogen and oxygen atoms in total. The van der Waals surface area contributed by atoms with Crippen molar-refractivity contribution < 1.29 is 0 Å². The third-order valence-electron chi connectivity index (χ3n) is 4.24. The van der Waals surface area contributed by atoms with E-state index in [1.165, 1.54) is 0 Å². The second kappa shape index (κ2) is 7.20. The minimum atomic E-state index is -0.0140. The van der Waals surface area contributed by atoms with Crippen molar-refractivity contribution in [3.63, 3.8) is 0 Å². The first-order chi connectivity index (χ1) is 9.36. The molecule has 0 aromatic carbocycles. The SMILES string of the molecule is CCN(CC)C(C)(C)C(Cc1ccn(C(C)C)n1)NN. The molecule has 116 valence electrons. The number of hydrogen-bond acceptors (Lipinski definition) is 4. The van der Waals surface area contributed by atoms with E-state index in [2.05, 4.69) is 63.0 Å². The van der Waals surface area contributed by atoms with E-state index in [1.807, 2.05) is 10.9 Å². The van der Waals surface area contributed by atoms with Crippen molar-refractivity contribution >= 4 is 0 Å². The van der Waals surface area contributed by atoms with Crippen LogP contribution in [0.15, 0.2) is 12.3 Å². The molecule has 1 unspecified atom stereocenters. The smallest absolute Gasteiger partial charge is 0.0641 e. The second-order valence-corrected chi connectivity index (χ2v) is 6.13. The van der Waals surface area contributed by atoms with Crippen LogP contribution in [0.3, 0.4) is 0 Å². The van der Waals surface area contributed by atoms with Gasteiger partial charge in [-0.15, -0.1) is 0 Å². The zero-order valence-corrected chi connectivity index (χ0v) is 13.8. The van der Waals surface area contributed by atoms with Gasteiger partial charge in [-0.1, -0.05) is 13.8 Å². The van der Waals surface area contributed by atoms with E-state index >= 15 is 0 Å². The fourth-order valence-electron chi connectivity index (χ4n) is 2.75. The molecule has 1 atom stereocenters. The van der Waals surface area contributed by atoms with Crippen LogP contribution in [0.4, 0.5) is 0 Å². The Balaban J connectivity index is 2.84. The maximum absolute atomic E-state index is 5.81. The van der Waals surface area contributed by atoms with E-state index in [-0.39, 0.29) is 11.6 Å². The van der Waals surface area contributed by atoms with Gasteiger partial charge in [0, 0.05) is 30.2 Å². The number of hydrogen-bond donors (Lipinski definition) is 2. The lowest BCUT2D eigenvalue weighted by atomic mass is 9.89. The van der Waals surface area contributed by atoms with Crippen LogP contribution in [0.5, 0.6) is 0 Å². The highest BCUT2D eigenvalue weighted by Crippen LogP contribution is 2.21. The summed E-state index contributed by atoms with van der Waals surface area (Å²) in [4.78, 5) is 2.43. The van der Waals surface area contributed by atoms with Crippen molar-refractivity contribution in [3.8, 4) is 0 Å². The molecule has 0 radical (unpaired) electrons. The van der Waals surface area contributed by atoms with Gasteiger partial charge < -0.3 is 0 Å². The highest BCUT2D eigenvalue weighted by molar-refractivity contribution is 5.06. The molecule has 1 heterocycles. The lowest BCUT2D eigenvalue weighted by Crippen LogP contribution is -2.60. The second-order valence-electron chi connectivity index (χ2n) is 6.13. The number of likely N-dealkylation sites (N-methyl/N-ethyl adjacent to an activating group) is 1. The Hall–Kier alpha value is -0.910. The van der Waals surface area contributed by atoms with Crippen LogP contribution in [0.25, 0.3) is 0 Å². The van der Waals surface area contributed by atoms with Crippen molar-refractivity contribution in [2.75, 3.05) is 13.1 Å². The molecule has 3 N–H and O–H groups in total. The van der Waals surface area contributed by atoms with Crippen molar-refractivity contribution in [2.45, 2.75) is 65.6 Å². The average molecular weight is 281 g/mol. The Morgan fingerprint density at radius 2 is 1.95 bits per heavy atom. The quantitative estimate of drug-likeness (QED) is 0.565. The lowest BCUT2D eigenvalue weighted by Gasteiger charge is -2.43. The van der Waals surface area contributed by atoms with Gasteiger partial charge in [0.2, 0.25) is 0 Å². The number of rotatable bonds is 8. The number of hydrazine groups is 1. The van der Waals surface area contributed by atoms with Gasteiger partial charge in [-0.25, -0.2) is 0 Å². The monoisotopic (exact) mass is 281 g/mol. The molecule has 0 aliphatic rings. The molecule has 1 aromatic heterocycles. The number of nitrogens with zero attached hydrogens (tertiary/aromatic N) is 3.